The number of ketones is 1. The fourth-order valence-electron chi connectivity index (χ4n) is 2.15. The van der Waals surface area contributed by atoms with E-state index in [1.54, 1.807) is 44.2 Å². The van der Waals surface area contributed by atoms with Gasteiger partial charge in [0.2, 0.25) is 0 Å². The Balaban J connectivity index is 2.47. The summed E-state index contributed by atoms with van der Waals surface area (Å²) in [4.78, 5) is 11.7. The van der Waals surface area contributed by atoms with Gasteiger partial charge in [0, 0.05) is 5.56 Å². The minimum Gasteiger partial charge on any atom is -0.295 e. The first-order valence-corrected chi connectivity index (χ1v) is 8.40. The van der Waals surface area contributed by atoms with Crippen LogP contribution < -0.4 is 4.72 Å². The van der Waals surface area contributed by atoms with Crippen LogP contribution in [-0.4, -0.2) is 14.2 Å². The zero-order valence-corrected chi connectivity index (χ0v) is 13.9. The second-order valence-corrected chi connectivity index (χ2v) is 7.11. The van der Waals surface area contributed by atoms with E-state index in [-0.39, 0.29) is 10.7 Å². The lowest BCUT2D eigenvalue weighted by Crippen LogP contribution is -2.15. The molecule has 0 bridgehead atoms. The molecule has 0 aliphatic rings. The molecule has 0 atom stereocenters. The Kier molecular flexibility index (Phi) is 4.37. The number of carbonyl (C=O) groups is 1. The Labute approximate surface area is 131 Å². The molecule has 0 heterocycles. The molecule has 1 N–H and O–H groups in total. The summed E-state index contributed by atoms with van der Waals surface area (Å²) in [7, 11) is -3.69. The highest BCUT2D eigenvalue weighted by Gasteiger charge is 2.18. The molecule has 5 heteroatoms. The van der Waals surface area contributed by atoms with Crippen molar-refractivity contribution in [1.82, 2.24) is 0 Å². The number of aryl methyl sites for hydroxylation is 3. The molecule has 0 aliphatic carbocycles. The summed E-state index contributed by atoms with van der Waals surface area (Å²) in [5.74, 6) is -0.104. The molecule has 22 heavy (non-hydrogen) atoms. The molecule has 2 aromatic carbocycles. The molecule has 0 fully saturated rings. The van der Waals surface area contributed by atoms with E-state index in [9.17, 15) is 13.2 Å². The molecule has 0 spiro atoms. The molecule has 0 unspecified atom stereocenters. The van der Waals surface area contributed by atoms with Crippen molar-refractivity contribution in [2.45, 2.75) is 32.6 Å². The molecule has 4 nitrogen and oxygen atoms in total. The number of hydrogen-bond acceptors (Lipinski definition) is 3. The van der Waals surface area contributed by atoms with Crippen LogP contribution in [0.2, 0.25) is 0 Å². The maximum absolute atomic E-state index is 12.6. The molecule has 0 aliphatic heterocycles. The van der Waals surface area contributed by atoms with Gasteiger partial charge in [0.25, 0.3) is 10.0 Å². The highest BCUT2D eigenvalue weighted by Crippen LogP contribution is 2.24. The van der Waals surface area contributed by atoms with E-state index in [4.69, 9.17) is 0 Å². The van der Waals surface area contributed by atoms with Crippen LogP contribution in [0.15, 0.2) is 41.3 Å². The van der Waals surface area contributed by atoms with Crippen LogP contribution in [0.4, 0.5) is 5.69 Å². The third-order valence-corrected chi connectivity index (χ3v) is 5.03. The van der Waals surface area contributed by atoms with E-state index >= 15 is 0 Å². The van der Waals surface area contributed by atoms with Gasteiger partial charge in [-0.15, -0.1) is 0 Å². The number of carbonyl (C=O) groups excluding carboxylic acids is 1. The van der Waals surface area contributed by atoms with Crippen LogP contribution in [0.1, 0.15) is 34.0 Å². The minimum atomic E-state index is -3.69. The van der Waals surface area contributed by atoms with Gasteiger partial charge in [-0.3, -0.25) is 9.52 Å². The zero-order chi connectivity index (χ0) is 16.5. The number of nitrogens with one attached hydrogen (secondary N) is 1. The predicted molar refractivity (Wildman–Crippen MR) is 87.9 cm³/mol. The molecule has 0 aromatic heterocycles. The van der Waals surface area contributed by atoms with Gasteiger partial charge < -0.3 is 0 Å². The van der Waals surface area contributed by atoms with Crippen LogP contribution in [-0.2, 0) is 10.0 Å². The van der Waals surface area contributed by atoms with Crippen LogP contribution >= 0.6 is 0 Å². The Morgan fingerprint density at radius 3 is 2.23 bits per heavy atom. The first kappa shape index (κ1) is 16.2. The Hall–Kier alpha value is -2.14. The lowest BCUT2D eigenvalue weighted by atomic mass is 10.1. The van der Waals surface area contributed by atoms with Gasteiger partial charge in [-0.1, -0.05) is 24.3 Å². The third kappa shape index (κ3) is 3.36. The quantitative estimate of drug-likeness (QED) is 0.876. The minimum absolute atomic E-state index is 0.104. The summed E-state index contributed by atoms with van der Waals surface area (Å²) in [6.07, 6.45) is 0. The largest absolute Gasteiger partial charge is 0.295 e. The van der Waals surface area contributed by atoms with Gasteiger partial charge in [0.05, 0.1) is 10.6 Å². The smallest absolute Gasteiger partial charge is 0.262 e. The van der Waals surface area contributed by atoms with E-state index in [0.717, 1.165) is 11.1 Å². The molecule has 0 radical (unpaired) electrons. The maximum Gasteiger partial charge on any atom is 0.262 e. The van der Waals surface area contributed by atoms with Crippen molar-refractivity contribution in [2.24, 2.45) is 0 Å². The summed E-state index contributed by atoms with van der Waals surface area (Å²) < 4.78 is 27.8. The maximum atomic E-state index is 12.6. The summed E-state index contributed by atoms with van der Waals surface area (Å²) in [5, 5.41) is 0. The fourth-order valence-corrected chi connectivity index (χ4v) is 3.60. The van der Waals surface area contributed by atoms with Crippen molar-refractivity contribution >= 4 is 21.5 Å². The molecule has 2 aromatic rings. The Morgan fingerprint density at radius 1 is 0.955 bits per heavy atom. The number of anilines is 1. The number of benzene rings is 2. The van der Waals surface area contributed by atoms with Gasteiger partial charge >= 0.3 is 0 Å². The molecule has 0 saturated carbocycles. The van der Waals surface area contributed by atoms with Crippen molar-refractivity contribution in [3.63, 3.8) is 0 Å². The monoisotopic (exact) mass is 317 g/mol. The summed E-state index contributed by atoms with van der Waals surface area (Å²) in [6.45, 7) is 6.85. The van der Waals surface area contributed by atoms with Gasteiger partial charge in [0.15, 0.2) is 5.78 Å². The number of rotatable bonds is 4. The van der Waals surface area contributed by atoms with Crippen LogP contribution in [0.3, 0.4) is 0 Å². The van der Waals surface area contributed by atoms with Crippen molar-refractivity contribution in [1.29, 1.82) is 0 Å². The van der Waals surface area contributed by atoms with Gasteiger partial charge in [-0.25, -0.2) is 8.42 Å². The molecular weight excluding hydrogens is 298 g/mol. The normalized spacial score (nSPS) is 11.3. The summed E-state index contributed by atoms with van der Waals surface area (Å²) in [6, 6.07) is 10.3. The highest BCUT2D eigenvalue weighted by atomic mass is 32.2. The zero-order valence-electron chi connectivity index (χ0n) is 13.1. The van der Waals surface area contributed by atoms with Gasteiger partial charge in [0.1, 0.15) is 0 Å². The Morgan fingerprint density at radius 2 is 1.59 bits per heavy atom. The van der Waals surface area contributed by atoms with Gasteiger partial charge in [-0.2, -0.15) is 0 Å². The van der Waals surface area contributed by atoms with E-state index in [1.807, 2.05) is 13.0 Å². The molecule has 116 valence electrons. The van der Waals surface area contributed by atoms with Crippen molar-refractivity contribution < 1.29 is 13.2 Å². The van der Waals surface area contributed by atoms with E-state index in [0.29, 0.717) is 16.8 Å². The SMILES string of the molecule is CC(=O)c1ccc(C)c(NS(=O)(=O)c2cc(C)ccc2C)c1. The molecule has 0 saturated heterocycles. The lowest BCUT2D eigenvalue weighted by molar-refractivity contribution is 0.101. The fraction of sp³-hybridized carbons (Fsp3) is 0.235. The van der Waals surface area contributed by atoms with Crippen molar-refractivity contribution in [3.8, 4) is 0 Å². The highest BCUT2D eigenvalue weighted by molar-refractivity contribution is 7.92. The summed E-state index contributed by atoms with van der Waals surface area (Å²) >= 11 is 0. The predicted octanol–water partition coefficient (Wildman–Crippen LogP) is 3.62. The average molecular weight is 317 g/mol. The van der Waals surface area contributed by atoms with Crippen molar-refractivity contribution in [2.75, 3.05) is 4.72 Å². The molecule has 0 amide bonds. The number of Topliss-reactive ketones (excluding diaryl/α,β-unsaturated/α-hetero) is 1. The topological polar surface area (TPSA) is 63.2 Å². The first-order chi connectivity index (χ1) is 10.2. The first-order valence-electron chi connectivity index (χ1n) is 6.92. The van der Waals surface area contributed by atoms with Crippen LogP contribution in [0, 0.1) is 20.8 Å². The van der Waals surface area contributed by atoms with E-state index in [1.165, 1.54) is 6.92 Å². The number of sulfonamides is 1. The molecule has 2 rings (SSSR count). The van der Waals surface area contributed by atoms with E-state index in [2.05, 4.69) is 4.72 Å². The second kappa shape index (κ2) is 5.93. The van der Waals surface area contributed by atoms with Crippen LogP contribution in [0.25, 0.3) is 0 Å². The van der Waals surface area contributed by atoms with Crippen LogP contribution in [0.5, 0.6) is 0 Å². The average Bonchev–Trinajstić information content (AvgIpc) is 2.43. The number of hydrogen-bond donors (Lipinski definition) is 1. The molecular formula is C17H19NO3S. The second-order valence-electron chi connectivity index (χ2n) is 5.46. The standard InChI is InChI=1S/C17H19NO3S/c1-11-5-6-13(3)17(9-11)22(20,21)18-16-10-15(14(4)19)8-7-12(16)2/h5-10,18H,1-4H3. The summed E-state index contributed by atoms with van der Waals surface area (Å²) in [5.41, 5.74) is 3.22. The third-order valence-electron chi connectivity index (χ3n) is 3.52. The van der Waals surface area contributed by atoms with Gasteiger partial charge in [-0.05, 0) is 56.5 Å². The Bertz CT molecular complexity index is 839. The van der Waals surface area contributed by atoms with E-state index < -0.39 is 10.0 Å². The lowest BCUT2D eigenvalue weighted by Gasteiger charge is -2.13. The van der Waals surface area contributed by atoms with Crippen molar-refractivity contribution in [3.05, 3.63) is 58.7 Å².